The first-order valence-electron chi connectivity index (χ1n) is 11.5. The van der Waals surface area contributed by atoms with E-state index in [1.165, 1.54) is 0 Å². The Morgan fingerprint density at radius 3 is 0.756 bits per heavy atom. The second-order valence-corrected chi connectivity index (χ2v) is 42.1. The van der Waals surface area contributed by atoms with Crippen molar-refractivity contribution in [3.63, 3.8) is 0 Å². The summed E-state index contributed by atoms with van der Waals surface area (Å²) in [6.07, 6.45) is 0. The molecule has 1 nitrogen and oxygen atoms in total. The van der Waals surface area contributed by atoms with Gasteiger partial charge in [0.2, 0.25) is 0 Å². The Bertz CT molecular complexity index is 1350. The molecule has 0 bridgehead atoms. The smallest absolute Gasteiger partial charge is 0.173 e. The lowest BCUT2D eigenvalue weighted by atomic mass is 9.77. The molecule has 2 aromatic rings. The van der Waals surface area contributed by atoms with Gasteiger partial charge in [-0.15, -0.1) is 0 Å². The predicted octanol–water partition coefficient (Wildman–Crippen LogP) is 17.7. The maximum absolute atomic E-state index is 7.84. The summed E-state index contributed by atoms with van der Waals surface area (Å²) < 4.78 is -6.31. The summed E-state index contributed by atoms with van der Waals surface area (Å²) in [6.45, 7) is 0. The zero-order chi connectivity index (χ0) is 34.9. The number of alkyl halides is 20. The van der Waals surface area contributed by atoms with E-state index in [1.807, 2.05) is 60.7 Å². The summed E-state index contributed by atoms with van der Waals surface area (Å²) in [5.74, 6) is 0. The van der Waals surface area contributed by atoms with Crippen molar-refractivity contribution in [3.05, 3.63) is 71.8 Å². The van der Waals surface area contributed by atoms with Gasteiger partial charge in [-0.05, 0) is 43.0 Å². The number of rotatable bonds is 4. The fraction of sp³-hybridized carbons (Fsp3) is 0.500. The van der Waals surface area contributed by atoms with Crippen LogP contribution in [0.2, 0.25) is 0 Å². The largest absolute Gasteiger partial charge is 0.337 e. The highest BCUT2D eigenvalue weighted by atomic mass is 80.0. The molecule has 252 valence electrons. The van der Waals surface area contributed by atoms with Crippen LogP contribution < -0.4 is 0 Å². The fourth-order valence-electron chi connectivity index (χ4n) is 4.99. The van der Waals surface area contributed by atoms with Crippen LogP contribution in [0, 0.1) is 0 Å². The summed E-state index contributed by atoms with van der Waals surface area (Å²) in [6, 6.07) is 19.9. The van der Waals surface area contributed by atoms with Gasteiger partial charge < -0.3 is 4.74 Å². The summed E-state index contributed by atoms with van der Waals surface area (Å²) in [7, 11) is 0. The summed E-state index contributed by atoms with van der Waals surface area (Å²) in [5.41, 5.74) is 1.70. The monoisotopic (exact) mass is 1890 g/mol. The maximum Gasteiger partial charge on any atom is 0.173 e. The highest BCUT2D eigenvalue weighted by molar-refractivity contribution is 9.36. The minimum Gasteiger partial charge on any atom is -0.337 e. The second kappa shape index (κ2) is 14.4. The van der Waals surface area contributed by atoms with E-state index in [0.29, 0.717) is 0 Å². The van der Waals surface area contributed by atoms with Gasteiger partial charge in [-0.25, -0.2) is 0 Å². The van der Waals surface area contributed by atoms with Gasteiger partial charge in [0.1, 0.15) is 34.5 Å². The molecule has 0 N–H and O–H groups in total. The molecule has 2 aromatic carbocycles. The number of ether oxygens (including phenoxy) is 1. The van der Waals surface area contributed by atoms with E-state index >= 15 is 0 Å². The van der Waals surface area contributed by atoms with Crippen LogP contribution in [0.1, 0.15) is 11.1 Å². The van der Waals surface area contributed by atoms with Gasteiger partial charge in [0.25, 0.3) is 0 Å². The fourth-order valence-corrected chi connectivity index (χ4v) is 28.3. The number of hydrogen-bond donors (Lipinski definition) is 0. The molecule has 4 atom stereocenters. The van der Waals surface area contributed by atoms with E-state index in [2.05, 4.69) is 319 Å². The van der Waals surface area contributed by atoms with Crippen LogP contribution >= 0.6 is 319 Å². The van der Waals surface area contributed by atoms with Crippen molar-refractivity contribution in [1.82, 2.24) is 0 Å². The molecule has 21 heteroatoms. The molecule has 0 aromatic heterocycles. The topological polar surface area (TPSA) is 9.23 Å². The zero-order valence-electron chi connectivity index (χ0n) is 20.7. The van der Waals surface area contributed by atoms with Crippen molar-refractivity contribution in [2.24, 2.45) is 0 Å². The Morgan fingerprint density at radius 1 is 0.289 bits per heavy atom. The molecular formula is C24H10Br20O. The summed E-state index contributed by atoms with van der Waals surface area (Å²) in [5, 5.41) is 0. The SMILES string of the molecule is BrC1(Br)C(Br)(Br)C(Br)(Br)C(Br)(c2ccccc2)C(Br)(OC2(Br)C(Br)(Br)C(Br)(Br)C(Br)(Br)C(Br)(Br)C2(Br)c2ccccc2)C1(Br)Br. The first-order chi connectivity index (χ1) is 19.9. The van der Waals surface area contributed by atoms with Crippen LogP contribution in [0.25, 0.3) is 0 Å². The van der Waals surface area contributed by atoms with Crippen LogP contribution in [0.3, 0.4) is 0 Å². The minimum absolute atomic E-state index is 0.849. The van der Waals surface area contributed by atoms with Gasteiger partial charge in [-0.3, -0.25) is 0 Å². The van der Waals surface area contributed by atoms with Gasteiger partial charge in [0.15, 0.2) is 9.02 Å². The van der Waals surface area contributed by atoms with E-state index < -0.39 is 43.5 Å². The molecule has 4 rings (SSSR count). The van der Waals surface area contributed by atoms with Gasteiger partial charge >= 0.3 is 0 Å². The predicted molar refractivity (Wildman–Crippen MR) is 263 cm³/mol. The Morgan fingerprint density at radius 2 is 0.511 bits per heavy atom. The van der Waals surface area contributed by atoms with Crippen molar-refractivity contribution in [2.45, 2.75) is 43.5 Å². The minimum atomic E-state index is -1.51. The maximum atomic E-state index is 7.84. The quantitative estimate of drug-likeness (QED) is 0.277. The molecule has 2 fully saturated rings. The van der Waals surface area contributed by atoms with Crippen LogP contribution in [0.4, 0.5) is 0 Å². The Labute approximate surface area is 429 Å². The summed E-state index contributed by atoms with van der Waals surface area (Å²) in [4.78, 5) is 0. The van der Waals surface area contributed by atoms with Gasteiger partial charge in [-0.1, -0.05) is 347 Å². The average Bonchev–Trinajstić information content (AvgIpc) is 2.94. The average molecular weight is 1910 g/mol. The first-order valence-corrected chi connectivity index (χ1v) is 27.4. The van der Waals surface area contributed by atoms with Gasteiger partial charge in [0.05, 0.1) is 0 Å². The van der Waals surface area contributed by atoms with Crippen LogP contribution in [0.15, 0.2) is 60.7 Å². The molecule has 0 aliphatic heterocycles. The number of hydrogen-bond acceptors (Lipinski definition) is 1. The van der Waals surface area contributed by atoms with Crippen LogP contribution in [0.5, 0.6) is 0 Å². The van der Waals surface area contributed by atoms with E-state index in [4.69, 9.17) is 4.74 Å². The number of halogens is 20. The molecule has 2 aliphatic rings. The van der Waals surface area contributed by atoms with E-state index in [9.17, 15) is 0 Å². The molecule has 0 heterocycles. The Balaban J connectivity index is 2.24. The third kappa shape index (κ3) is 5.78. The lowest BCUT2D eigenvalue weighted by molar-refractivity contribution is -0.110. The number of benzene rings is 2. The molecule has 45 heavy (non-hydrogen) atoms. The van der Waals surface area contributed by atoms with Crippen molar-refractivity contribution in [1.29, 1.82) is 0 Å². The highest BCUT2D eigenvalue weighted by Crippen LogP contribution is 2.87. The second-order valence-electron chi connectivity index (χ2n) is 9.94. The molecule has 0 saturated heterocycles. The van der Waals surface area contributed by atoms with Crippen molar-refractivity contribution in [3.8, 4) is 0 Å². The third-order valence-corrected chi connectivity index (χ3v) is 50.5. The van der Waals surface area contributed by atoms with E-state index in [-0.39, 0.29) is 0 Å². The van der Waals surface area contributed by atoms with Crippen molar-refractivity contribution in [2.75, 3.05) is 0 Å². The van der Waals surface area contributed by atoms with Crippen LogP contribution in [-0.2, 0) is 13.4 Å². The molecule has 0 radical (unpaired) electrons. The summed E-state index contributed by atoms with van der Waals surface area (Å²) >= 11 is 81.6. The zero-order valence-corrected chi connectivity index (χ0v) is 52.5. The van der Waals surface area contributed by atoms with Gasteiger partial charge in [0, 0.05) is 0 Å². The van der Waals surface area contributed by atoms with Crippen LogP contribution in [-0.4, -0.2) is 34.9 Å². The Kier molecular flexibility index (Phi) is 14.6. The Hall–Kier alpha value is 8.00. The molecule has 4 unspecified atom stereocenters. The molecule has 2 saturated carbocycles. The van der Waals surface area contributed by atoms with E-state index in [0.717, 1.165) is 11.1 Å². The standard InChI is InChI=1S/C24H10Br20O/c25-13(11-7-3-1-4-8-11)15(27,28)17(31,32)19(35,36)21(39,40)23(13,43)45-24(44)14(26,12-9-5-2-6-10-12)16(29,30)18(33,34)20(37,38)22(24,41)42/h1-10H. The van der Waals surface area contributed by atoms with Crippen molar-refractivity contribution >= 4 is 319 Å². The molecule has 0 amide bonds. The first kappa shape index (κ1) is 45.7. The van der Waals surface area contributed by atoms with Gasteiger partial charge in [-0.2, -0.15) is 0 Å². The molecule has 2 aliphatic carbocycles. The highest BCUT2D eigenvalue weighted by Gasteiger charge is 2.91. The van der Waals surface area contributed by atoms with Crippen molar-refractivity contribution < 1.29 is 4.74 Å². The lowest BCUT2D eigenvalue weighted by Crippen LogP contribution is -2.84. The molecular weight excluding hydrogens is 1900 g/mol. The normalized spacial score (nSPS) is 38.3. The van der Waals surface area contributed by atoms with E-state index in [1.54, 1.807) is 0 Å². The third-order valence-electron chi connectivity index (χ3n) is 7.55. The molecule has 0 spiro atoms. The lowest BCUT2D eigenvalue weighted by Gasteiger charge is -2.72.